The molecule has 0 unspecified atom stereocenters. The summed E-state index contributed by atoms with van der Waals surface area (Å²) in [6.45, 7) is 0.481. The molecule has 4 aromatic rings. The van der Waals surface area contributed by atoms with E-state index in [1.165, 1.54) is 18.4 Å². The second kappa shape index (κ2) is 10.6. The SMILES string of the molecule is COC(=O)c1cc(Cc2ccccc2)sc1NC(=S)Nc1ncn(Cc2ccccc2Cl)n1. The first kappa shape index (κ1) is 22.9. The average molecular weight is 498 g/mol. The van der Waals surface area contributed by atoms with E-state index in [2.05, 4.69) is 20.7 Å². The van der Waals surface area contributed by atoms with Crippen LogP contribution in [0.3, 0.4) is 0 Å². The number of benzene rings is 2. The van der Waals surface area contributed by atoms with Crippen molar-refractivity contribution in [2.75, 3.05) is 17.7 Å². The molecule has 0 aliphatic carbocycles. The molecule has 0 amide bonds. The summed E-state index contributed by atoms with van der Waals surface area (Å²) in [6.07, 6.45) is 2.29. The lowest BCUT2D eigenvalue weighted by Crippen LogP contribution is -2.20. The van der Waals surface area contributed by atoms with Gasteiger partial charge in [-0.15, -0.1) is 16.4 Å². The molecule has 0 aliphatic rings. The van der Waals surface area contributed by atoms with Crippen LogP contribution in [0.1, 0.15) is 26.4 Å². The van der Waals surface area contributed by atoms with E-state index in [9.17, 15) is 4.79 Å². The van der Waals surface area contributed by atoms with Crippen LogP contribution >= 0.6 is 35.2 Å². The molecule has 0 aliphatic heterocycles. The molecule has 0 saturated heterocycles. The second-order valence-corrected chi connectivity index (χ2v) is 9.00. The van der Waals surface area contributed by atoms with Crippen LogP contribution in [-0.2, 0) is 17.7 Å². The number of halogens is 1. The lowest BCUT2D eigenvalue weighted by molar-refractivity contribution is 0.0602. The van der Waals surface area contributed by atoms with E-state index in [0.29, 0.717) is 34.5 Å². The van der Waals surface area contributed by atoms with Gasteiger partial charge in [0.15, 0.2) is 5.11 Å². The van der Waals surface area contributed by atoms with E-state index in [1.54, 1.807) is 11.0 Å². The zero-order chi connectivity index (χ0) is 23.2. The predicted molar refractivity (Wildman–Crippen MR) is 135 cm³/mol. The Bertz CT molecular complexity index is 1270. The first-order chi connectivity index (χ1) is 16.0. The minimum atomic E-state index is -0.432. The van der Waals surface area contributed by atoms with E-state index in [4.69, 9.17) is 28.6 Å². The van der Waals surface area contributed by atoms with Gasteiger partial charge in [0.2, 0.25) is 5.95 Å². The van der Waals surface area contributed by atoms with Gasteiger partial charge in [-0.25, -0.2) is 14.5 Å². The minimum Gasteiger partial charge on any atom is -0.465 e. The number of ether oxygens (including phenoxy) is 1. The van der Waals surface area contributed by atoms with E-state index in [1.807, 2.05) is 60.7 Å². The molecule has 10 heteroatoms. The monoisotopic (exact) mass is 497 g/mol. The Morgan fingerprint density at radius 3 is 2.67 bits per heavy atom. The summed E-state index contributed by atoms with van der Waals surface area (Å²) in [5, 5.41) is 11.9. The molecule has 168 valence electrons. The normalized spacial score (nSPS) is 10.6. The summed E-state index contributed by atoms with van der Waals surface area (Å²) in [5.74, 6) is -0.0989. The summed E-state index contributed by atoms with van der Waals surface area (Å²) in [5.41, 5.74) is 2.51. The fraction of sp³-hybridized carbons (Fsp3) is 0.130. The van der Waals surface area contributed by atoms with Gasteiger partial charge in [-0.1, -0.05) is 60.1 Å². The number of nitrogens with one attached hydrogen (secondary N) is 2. The second-order valence-electron chi connectivity index (χ2n) is 7.05. The van der Waals surface area contributed by atoms with Crippen LogP contribution in [-0.4, -0.2) is 33.0 Å². The number of rotatable bonds is 7. The van der Waals surface area contributed by atoms with Crippen LogP contribution in [0.5, 0.6) is 0 Å². The molecule has 2 heterocycles. The molecular weight excluding hydrogens is 478 g/mol. The number of hydrogen-bond acceptors (Lipinski definition) is 6. The summed E-state index contributed by atoms with van der Waals surface area (Å²) in [6, 6.07) is 19.4. The maximum absolute atomic E-state index is 12.3. The quantitative estimate of drug-likeness (QED) is 0.267. The molecule has 0 bridgehead atoms. The van der Waals surface area contributed by atoms with Crippen molar-refractivity contribution < 1.29 is 9.53 Å². The Labute approximate surface area is 205 Å². The summed E-state index contributed by atoms with van der Waals surface area (Å²) in [4.78, 5) is 17.5. The standard InChI is InChI=1S/C23H20ClN5O2S2/c1-31-21(30)18-12-17(11-15-7-3-2-4-8-15)33-20(18)26-23(32)27-22-25-14-29(28-22)13-16-9-5-6-10-19(16)24/h2-10,12,14H,11,13H2,1H3,(H2,26,27,28,32). The highest BCUT2D eigenvalue weighted by Gasteiger charge is 2.18. The Hall–Kier alpha value is -3.27. The third-order valence-electron chi connectivity index (χ3n) is 4.69. The van der Waals surface area contributed by atoms with Crippen LogP contribution in [0, 0.1) is 0 Å². The first-order valence-electron chi connectivity index (χ1n) is 9.97. The van der Waals surface area contributed by atoms with Crippen molar-refractivity contribution in [2.45, 2.75) is 13.0 Å². The summed E-state index contributed by atoms with van der Waals surface area (Å²) in [7, 11) is 1.35. The predicted octanol–water partition coefficient (Wildman–Crippen LogP) is 5.23. The molecule has 0 saturated carbocycles. The van der Waals surface area contributed by atoms with E-state index < -0.39 is 5.97 Å². The average Bonchev–Trinajstić information content (AvgIpc) is 3.42. The van der Waals surface area contributed by atoms with Crippen molar-refractivity contribution in [1.29, 1.82) is 0 Å². The fourth-order valence-corrected chi connectivity index (χ4v) is 4.68. The van der Waals surface area contributed by atoms with Crippen LogP contribution in [0.4, 0.5) is 10.9 Å². The minimum absolute atomic E-state index is 0.267. The highest BCUT2D eigenvalue weighted by molar-refractivity contribution is 7.80. The number of anilines is 2. The van der Waals surface area contributed by atoms with Gasteiger partial charge in [0.25, 0.3) is 0 Å². The van der Waals surface area contributed by atoms with Crippen LogP contribution in [0.25, 0.3) is 0 Å². The Morgan fingerprint density at radius 2 is 1.91 bits per heavy atom. The Kier molecular flexibility index (Phi) is 7.33. The zero-order valence-corrected chi connectivity index (χ0v) is 20.0. The molecule has 7 nitrogen and oxygen atoms in total. The van der Waals surface area contributed by atoms with Gasteiger partial charge in [0.05, 0.1) is 19.2 Å². The van der Waals surface area contributed by atoms with Crippen LogP contribution < -0.4 is 10.6 Å². The summed E-state index contributed by atoms with van der Waals surface area (Å²) >= 11 is 13.1. The van der Waals surface area contributed by atoms with Gasteiger partial charge in [0, 0.05) is 16.3 Å². The smallest absolute Gasteiger partial charge is 0.340 e. The van der Waals surface area contributed by atoms with Crippen molar-refractivity contribution >= 4 is 57.2 Å². The maximum atomic E-state index is 12.3. The lowest BCUT2D eigenvalue weighted by atomic mass is 10.1. The summed E-state index contributed by atoms with van der Waals surface area (Å²) < 4.78 is 6.60. The maximum Gasteiger partial charge on any atom is 0.340 e. The van der Waals surface area contributed by atoms with Crippen molar-refractivity contribution in [2.24, 2.45) is 0 Å². The van der Waals surface area contributed by atoms with Gasteiger partial charge in [-0.05, 0) is 35.5 Å². The number of aromatic nitrogens is 3. The van der Waals surface area contributed by atoms with Crippen LogP contribution in [0.15, 0.2) is 67.0 Å². The van der Waals surface area contributed by atoms with Crippen molar-refractivity contribution in [3.05, 3.63) is 93.6 Å². The number of thiocarbonyl (C=S) groups is 1. The third kappa shape index (κ3) is 5.95. The number of nitrogens with zero attached hydrogens (tertiary/aromatic N) is 3. The topological polar surface area (TPSA) is 81.1 Å². The lowest BCUT2D eigenvalue weighted by Gasteiger charge is -2.08. The fourth-order valence-electron chi connectivity index (χ4n) is 3.15. The highest BCUT2D eigenvalue weighted by Crippen LogP contribution is 2.30. The molecule has 2 aromatic carbocycles. The molecule has 0 fully saturated rings. The molecule has 33 heavy (non-hydrogen) atoms. The van der Waals surface area contributed by atoms with Crippen LogP contribution in [0.2, 0.25) is 5.02 Å². The van der Waals surface area contributed by atoms with Crippen molar-refractivity contribution in [1.82, 2.24) is 14.8 Å². The van der Waals surface area contributed by atoms with Crippen molar-refractivity contribution in [3.63, 3.8) is 0 Å². The number of thiophene rings is 1. The van der Waals surface area contributed by atoms with Gasteiger partial charge in [-0.2, -0.15) is 0 Å². The molecule has 0 spiro atoms. The van der Waals surface area contributed by atoms with E-state index in [-0.39, 0.29) is 5.11 Å². The molecular formula is C23H20ClN5O2S2. The third-order valence-corrected chi connectivity index (χ3v) is 6.31. The molecule has 4 rings (SSSR count). The Morgan fingerprint density at radius 1 is 1.15 bits per heavy atom. The first-order valence-corrected chi connectivity index (χ1v) is 11.6. The van der Waals surface area contributed by atoms with Crippen molar-refractivity contribution in [3.8, 4) is 0 Å². The van der Waals surface area contributed by atoms with Gasteiger partial charge in [-0.3, -0.25) is 5.32 Å². The zero-order valence-electron chi connectivity index (χ0n) is 17.6. The number of carbonyl (C=O) groups is 1. The van der Waals surface area contributed by atoms with Gasteiger partial charge >= 0.3 is 5.97 Å². The molecule has 2 aromatic heterocycles. The van der Waals surface area contributed by atoms with E-state index in [0.717, 1.165) is 16.0 Å². The number of methoxy groups -OCH3 is 1. The largest absolute Gasteiger partial charge is 0.465 e. The number of carbonyl (C=O) groups excluding carboxylic acids is 1. The molecule has 0 radical (unpaired) electrons. The van der Waals surface area contributed by atoms with Gasteiger partial charge < -0.3 is 10.1 Å². The van der Waals surface area contributed by atoms with Gasteiger partial charge in [0.1, 0.15) is 11.3 Å². The Balaban J connectivity index is 1.44. The number of hydrogen-bond donors (Lipinski definition) is 2. The number of esters is 1. The van der Waals surface area contributed by atoms with E-state index >= 15 is 0 Å². The highest BCUT2D eigenvalue weighted by atomic mass is 35.5. The molecule has 0 atom stereocenters. The molecule has 2 N–H and O–H groups in total.